The Morgan fingerprint density at radius 1 is 1.32 bits per heavy atom. The summed E-state index contributed by atoms with van der Waals surface area (Å²) in [5.41, 5.74) is 0.357. The van der Waals surface area contributed by atoms with Crippen molar-refractivity contribution < 1.29 is 9.18 Å². The first kappa shape index (κ1) is 14.7. The maximum Gasteiger partial charge on any atom is 0.219 e. The Hall–Kier alpha value is -2.24. The Bertz CT molecular complexity index is 698. The van der Waals surface area contributed by atoms with Gasteiger partial charge in [0, 0.05) is 38.5 Å². The van der Waals surface area contributed by atoms with Gasteiger partial charge in [-0.25, -0.2) is 14.4 Å². The van der Waals surface area contributed by atoms with Gasteiger partial charge in [0.15, 0.2) is 0 Å². The number of nitrogens with zero attached hydrogens (tertiary/aromatic N) is 4. The molecule has 1 aliphatic heterocycles. The highest BCUT2D eigenvalue weighted by Crippen LogP contribution is 2.27. The van der Waals surface area contributed by atoms with Gasteiger partial charge in [0.25, 0.3) is 0 Å². The van der Waals surface area contributed by atoms with Crippen molar-refractivity contribution in [2.24, 2.45) is 0 Å². The first-order valence-electron chi connectivity index (χ1n) is 7.45. The maximum absolute atomic E-state index is 13.8. The van der Waals surface area contributed by atoms with E-state index >= 15 is 0 Å². The molecule has 0 radical (unpaired) electrons. The van der Waals surface area contributed by atoms with Crippen LogP contribution in [0.25, 0.3) is 10.9 Å². The van der Waals surface area contributed by atoms with E-state index in [-0.39, 0.29) is 17.8 Å². The van der Waals surface area contributed by atoms with Crippen molar-refractivity contribution in [1.29, 1.82) is 0 Å². The topological polar surface area (TPSA) is 49.3 Å². The van der Waals surface area contributed by atoms with Crippen molar-refractivity contribution >= 4 is 22.6 Å². The van der Waals surface area contributed by atoms with Crippen LogP contribution in [0, 0.1) is 5.82 Å². The number of hydrogen-bond donors (Lipinski definition) is 0. The first-order valence-corrected chi connectivity index (χ1v) is 7.45. The molecule has 0 aliphatic carbocycles. The number of hydrogen-bond acceptors (Lipinski definition) is 4. The van der Waals surface area contributed by atoms with E-state index in [4.69, 9.17) is 0 Å². The van der Waals surface area contributed by atoms with E-state index in [1.54, 1.807) is 17.9 Å². The largest absolute Gasteiger partial charge is 0.356 e. The van der Waals surface area contributed by atoms with Crippen molar-refractivity contribution in [3.63, 3.8) is 0 Å². The van der Waals surface area contributed by atoms with E-state index in [1.807, 2.05) is 13.1 Å². The Labute approximate surface area is 128 Å². The Morgan fingerprint density at radius 2 is 2.05 bits per heavy atom. The van der Waals surface area contributed by atoms with Crippen LogP contribution in [0.5, 0.6) is 0 Å². The third-order valence-electron chi connectivity index (χ3n) is 4.40. The van der Waals surface area contributed by atoms with Crippen LogP contribution in [0.4, 0.5) is 10.2 Å². The van der Waals surface area contributed by atoms with Gasteiger partial charge in [-0.2, -0.15) is 0 Å². The molecule has 0 bridgehead atoms. The number of piperidine rings is 1. The lowest BCUT2D eigenvalue weighted by Crippen LogP contribution is -2.45. The van der Waals surface area contributed by atoms with Crippen molar-refractivity contribution in [2.45, 2.75) is 25.8 Å². The molecule has 3 rings (SSSR count). The number of aromatic nitrogens is 2. The highest BCUT2D eigenvalue weighted by Gasteiger charge is 2.25. The zero-order valence-electron chi connectivity index (χ0n) is 12.8. The fraction of sp³-hybridized carbons (Fsp3) is 0.438. The van der Waals surface area contributed by atoms with Crippen molar-refractivity contribution in [3.8, 4) is 0 Å². The molecule has 5 nitrogen and oxygen atoms in total. The fourth-order valence-corrected chi connectivity index (χ4v) is 3.01. The van der Waals surface area contributed by atoms with Crippen LogP contribution in [0.3, 0.4) is 0 Å². The van der Waals surface area contributed by atoms with Gasteiger partial charge in [-0.05, 0) is 25.0 Å². The number of carbonyl (C=O) groups is 1. The van der Waals surface area contributed by atoms with Gasteiger partial charge >= 0.3 is 0 Å². The third kappa shape index (κ3) is 2.61. The van der Waals surface area contributed by atoms with Crippen LogP contribution in [0.1, 0.15) is 19.8 Å². The Morgan fingerprint density at radius 3 is 2.73 bits per heavy atom. The molecular formula is C16H19FN4O. The van der Waals surface area contributed by atoms with Crippen LogP contribution < -0.4 is 4.90 Å². The highest BCUT2D eigenvalue weighted by atomic mass is 19.1. The summed E-state index contributed by atoms with van der Waals surface area (Å²) in [4.78, 5) is 23.8. The van der Waals surface area contributed by atoms with Gasteiger partial charge in [0.05, 0.1) is 0 Å². The summed E-state index contributed by atoms with van der Waals surface area (Å²) in [7, 11) is 1.85. The van der Waals surface area contributed by atoms with Gasteiger partial charge < -0.3 is 9.80 Å². The number of rotatable bonds is 2. The zero-order valence-corrected chi connectivity index (χ0v) is 12.8. The number of para-hydroxylation sites is 1. The third-order valence-corrected chi connectivity index (χ3v) is 4.40. The summed E-state index contributed by atoms with van der Waals surface area (Å²) in [5, 5.41) is 0.737. The SMILES string of the molecule is CC(=O)N(C)C1CCN(c2ncnc3c(F)cccc23)CC1. The molecule has 1 amide bonds. The van der Waals surface area contributed by atoms with Crippen molar-refractivity contribution in [3.05, 3.63) is 30.3 Å². The molecule has 0 saturated carbocycles. The fourth-order valence-electron chi connectivity index (χ4n) is 3.01. The molecular weight excluding hydrogens is 283 g/mol. The van der Waals surface area contributed by atoms with E-state index in [2.05, 4.69) is 14.9 Å². The van der Waals surface area contributed by atoms with Gasteiger partial charge in [0.2, 0.25) is 5.91 Å². The molecule has 0 unspecified atom stereocenters. The van der Waals surface area contributed by atoms with Crippen LogP contribution in [0.2, 0.25) is 0 Å². The molecule has 1 fully saturated rings. The highest BCUT2D eigenvalue weighted by molar-refractivity contribution is 5.89. The van der Waals surface area contributed by atoms with E-state index in [9.17, 15) is 9.18 Å². The molecule has 2 aromatic rings. The van der Waals surface area contributed by atoms with Crippen molar-refractivity contribution in [1.82, 2.24) is 14.9 Å². The predicted molar refractivity (Wildman–Crippen MR) is 83.2 cm³/mol. The molecule has 2 heterocycles. The Balaban J connectivity index is 1.83. The molecule has 0 atom stereocenters. The van der Waals surface area contributed by atoms with Crippen LogP contribution in [-0.2, 0) is 4.79 Å². The van der Waals surface area contributed by atoms with Gasteiger partial charge in [-0.15, -0.1) is 0 Å². The lowest BCUT2D eigenvalue weighted by molar-refractivity contribution is -0.129. The summed E-state index contributed by atoms with van der Waals surface area (Å²) in [6.07, 6.45) is 3.18. The summed E-state index contributed by atoms with van der Waals surface area (Å²) in [5.74, 6) is 0.536. The lowest BCUT2D eigenvalue weighted by atomic mass is 10.0. The van der Waals surface area contributed by atoms with E-state index in [0.717, 1.165) is 37.1 Å². The maximum atomic E-state index is 13.8. The summed E-state index contributed by atoms with van der Waals surface area (Å²) < 4.78 is 13.8. The molecule has 0 N–H and O–H groups in total. The summed E-state index contributed by atoms with van der Waals surface area (Å²) in [6.45, 7) is 3.18. The second-order valence-corrected chi connectivity index (χ2v) is 5.68. The van der Waals surface area contributed by atoms with Crippen molar-refractivity contribution in [2.75, 3.05) is 25.0 Å². The minimum atomic E-state index is -0.327. The molecule has 1 aromatic carbocycles. The number of fused-ring (bicyclic) bond motifs is 1. The molecule has 116 valence electrons. The van der Waals surface area contributed by atoms with Crippen LogP contribution in [-0.4, -0.2) is 47.0 Å². The minimum Gasteiger partial charge on any atom is -0.356 e. The lowest BCUT2D eigenvalue weighted by Gasteiger charge is -2.37. The molecule has 1 aliphatic rings. The van der Waals surface area contributed by atoms with Crippen LogP contribution >= 0.6 is 0 Å². The molecule has 1 saturated heterocycles. The number of amides is 1. The number of anilines is 1. The minimum absolute atomic E-state index is 0.0907. The average Bonchev–Trinajstić information content (AvgIpc) is 2.54. The van der Waals surface area contributed by atoms with Gasteiger partial charge in [-0.3, -0.25) is 4.79 Å². The quantitative estimate of drug-likeness (QED) is 0.853. The first-order chi connectivity index (χ1) is 10.6. The zero-order chi connectivity index (χ0) is 15.7. The number of carbonyl (C=O) groups excluding carboxylic acids is 1. The molecule has 6 heteroatoms. The standard InChI is InChI=1S/C16H19FN4O/c1-11(22)20(2)12-6-8-21(9-7-12)16-13-4-3-5-14(17)15(13)18-10-19-16/h3-5,10,12H,6-9H2,1-2H3. The van der Waals surface area contributed by atoms with Gasteiger partial charge in [-0.1, -0.05) is 6.07 Å². The van der Waals surface area contributed by atoms with E-state index in [0.29, 0.717) is 5.52 Å². The second-order valence-electron chi connectivity index (χ2n) is 5.68. The smallest absolute Gasteiger partial charge is 0.219 e. The molecule has 22 heavy (non-hydrogen) atoms. The van der Waals surface area contributed by atoms with E-state index in [1.165, 1.54) is 12.4 Å². The normalized spacial score (nSPS) is 16.0. The monoisotopic (exact) mass is 302 g/mol. The van der Waals surface area contributed by atoms with E-state index < -0.39 is 0 Å². The number of halogens is 1. The van der Waals surface area contributed by atoms with Crippen LogP contribution in [0.15, 0.2) is 24.5 Å². The summed E-state index contributed by atoms with van der Waals surface area (Å²) >= 11 is 0. The summed E-state index contributed by atoms with van der Waals surface area (Å²) in [6, 6.07) is 5.20. The van der Waals surface area contributed by atoms with Gasteiger partial charge in [0.1, 0.15) is 23.5 Å². The Kier molecular flexibility index (Phi) is 3.92. The average molecular weight is 302 g/mol. The predicted octanol–water partition coefficient (Wildman–Crippen LogP) is 2.22. The molecule has 1 aromatic heterocycles. The molecule has 0 spiro atoms. The second kappa shape index (κ2) is 5.87. The number of benzene rings is 1.